The number of ether oxygens (including phenoxy) is 1. The van der Waals surface area contributed by atoms with Crippen molar-refractivity contribution in [3.63, 3.8) is 0 Å². The first-order valence-corrected chi connectivity index (χ1v) is 5.30. The molecule has 3 nitrogen and oxygen atoms in total. The molecule has 0 heterocycles. The van der Waals surface area contributed by atoms with Crippen LogP contribution in [0.2, 0.25) is 0 Å². The number of hydrogen-bond donors (Lipinski definition) is 2. The molecule has 0 aliphatic rings. The zero-order valence-corrected chi connectivity index (χ0v) is 9.92. The molecule has 1 unspecified atom stereocenters. The van der Waals surface area contributed by atoms with Crippen molar-refractivity contribution in [1.82, 2.24) is 0 Å². The molecule has 0 bridgehead atoms. The topological polar surface area (TPSA) is 55.5 Å². The maximum absolute atomic E-state index is 13.4. The fraction of sp³-hybridized carbons (Fsp3) is 0.400. The monoisotopic (exact) mass is 277 g/mol. The summed E-state index contributed by atoms with van der Waals surface area (Å²) in [4.78, 5) is 0. The van der Waals surface area contributed by atoms with Crippen LogP contribution in [0.4, 0.5) is 4.39 Å². The summed E-state index contributed by atoms with van der Waals surface area (Å²) in [5.41, 5.74) is 5.80. The second kappa shape index (κ2) is 5.44. The van der Waals surface area contributed by atoms with E-state index in [0.29, 0.717) is 23.0 Å². The van der Waals surface area contributed by atoms with E-state index in [4.69, 9.17) is 10.5 Å². The maximum Gasteiger partial charge on any atom is 0.168 e. The molecule has 1 aromatic rings. The number of hydrogen-bond acceptors (Lipinski definition) is 3. The van der Waals surface area contributed by atoms with Crippen molar-refractivity contribution < 1.29 is 14.2 Å². The number of aliphatic hydroxyl groups is 1. The van der Waals surface area contributed by atoms with E-state index in [0.717, 1.165) is 0 Å². The first-order chi connectivity index (χ1) is 7.10. The van der Waals surface area contributed by atoms with Gasteiger partial charge < -0.3 is 15.6 Å². The van der Waals surface area contributed by atoms with E-state index in [1.54, 1.807) is 6.07 Å². The molecule has 3 N–H and O–H groups in total. The summed E-state index contributed by atoms with van der Waals surface area (Å²) in [6.07, 6.45) is -0.343. The Morgan fingerprint density at radius 3 is 2.73 bits per heavy atom. The Balaban J connectivity index is 3.02. The van der Waals surface area contributed by atoms with E-state index < -0.39 is 11.9 Å². The molecule has 0 spiro atoms. The Morgan fingerprint density at radius 1 is 1.60 bits per heavy atom. The lowest BCUT2D eigenvalue weighted by Crippen LogP contribution is -2.07. The van der Waals surface area contributed by atoms with Crippen LogP contribution in [-0.2, 0) is 0 Å². The molecule has 1 aromatic carbocycles. The summed E-state index contributed by atoms with van der Waals surface area (Å²) in [7, 11) is 1.39. The van der Waals surface area contributed by atoms with Crippen LogP contribution in [0.3, 0.4) is 0 Å². The van der Waals surface area contributed by atoms with Gasteiger partial charge in [0.25, 0.3) is 0 Å². The number of rotatable bonds is 4. The first kappa shape index (κ1) is 12.4. The fourth-order valence-electron chi connectivity index (χ4n) is 1.29. The van der Waals surface area contributed by atoms with Crippen LogP contribution in [-0.4, -0.2) is 18.8 Å². The zero-order valence-electron chi connectivity index (χ0n) is 8.34. The lowest BCUT2D eigenvalue weighted by molar-refractivity contribution is 0.169. The average molecular weight is 278 g/mol. The van der Waals surface area contributed by atoms with Gasteiger partial charge in [0.05, 0.1) is 17.7 Å². The lowest BCUT2D eigenvalue weighted by atomic mass is 10.1. The van der Waals surface area contributed by atoms with Crippen molar-refractivity contribution >= 4 is 15.9 Å². The van der Waals surface area contributed by atoms with Gasteiger partial charge in [-0.05, 0) is 46.6 Å². The summed E-state index contributed by atoms with van der Waals surface area (Å²) >= 11 is 3.17. The van der Waals surface area contributed by atoms with Gasteiger partial charge in [-0.3, -0.25) is 0 Å². The van der Waals surface area contributed by atoms with Crippen LogP contribution in [0.5, 0.6) is 5.75 Å². The zero-order chi connectivity index (χ0) is 11.4. The van der Waals surface area contributed by atoms with Gasteiger partial charge in [0, 0.05) is 0 Å². The summed E-state index contributed by atoms with van der Waals surface area (Å²) < 4.78 is 18.7. The first-order valence-electron chi connectivity index (χ1n) is 4.51. The summed E-state index contributed by atoms with van der Waals surface area (Å²) in [6, 6.07) is 2.88. The minimum atomic E-state index is -0.744. The quantitative estimate of drug-likeness (QED) is 0.885. The number of aliphatic hydroxyl groups excluding tert-OH is 1. The van der Waals surface area contributed by atoms with Gasteiger partial charge in [-0.2, -0.15) is 0 Å². The lowest BCUT2D eigenvalue weighted by Gasteiger charge is -2.12. The highest BCUT2D eigenvalue weighted by molar-refractivity contribution is 9.10. The standard InChI is InChI=1S/C10H13BrFNO2/c1-15-10-7(11)4-6(5-8(10)12)9(14)2-3-13/h4-5,9,14H,2-3,13H2,1H3. The van der Waals surface area contributed by atoms with Crippen LogP contribution in [0.15, 0.2) is 16.6 Å². The van der Waals surface area contributed by atoms with Crippen LogP contribution >= 0.6 is 15.9 Å². The number of benzene rings is 1. The van der Waals surface area contributed by atoms with Crippen LogP contribution in [0, 0.1) is 5.82 Å². The molecule has 84 valence electrons. The Bertz CT molecular complexity index is 323. The Morgan fingerprint density at radius 2 is 2.27 bits per heavy atom. The highest BCUT2D eigenvalue weighted by Crippen LogP contribution is 2.31. The molecule has 0 amide bonds. The third kappa shape index (κ3) is 2.90. The minimum Gasteiger partial charge on any atom is -0.492 e. The van der Waals surface area contributed by atoms with Gasteiger partial charge in [0.1, 0.15) is 0 Å². The third-order valence-electron chi connectivity index (χ3n) is 2.05. The van der Waals surface area contributed by atoms with Gasteiger partial charge in [-0.25, -0.2) is 4.39 Å². The summed E-state index contributed by atoms with van der Waals surface area (Å²) in [5, 5.41) is 9.62. The SMILES string of the molecule is COc1c(F)cc(C(O)CCN)cc1Br. The molecule has 15 heavy (non-hydrogen) atoms. The van der Waals surface area contributed by atoms with Gasteiger partial charge in [-0.15, -0.1) is 0 Å². The van der Waals surface area contributed by atoms with E-state index in [1.807, 2.05) is 0 Å². The molecule has 0 aliphatic carbocycles. The molecule has 0 saturated carbocycles. The van der Waals surface area contributed by atoms with Gasteiger partial charge in [-0.1, -0.05) is 0 Å². The van der Waals surface area contributed by atoms with E-state index >= 15 is 0 Å². The van der Waals surface area contributed by atoms with Crippen LogP contribution < -0.4 is 10.5 Å². The second-order valence-corrected chi connectivity index (χ2v) is 3.97. The van der Waals surface area contributed by atoms with Crippen molar-refractivity contribution in [1.29, 1.82) is 0 Å². The van der Waals surface area contributed by atoms with Gasteiger partial charge >= 0.3 is 0 Å². The highest BCUT2D eigenvalue weighted by Gasteiger charge is 2.14. The highest BCUT2D eigenvalue weighted by atomic mass is 79.9. The predicted molar refractivity (Wildman–Crippen MR) is 59.3 cm³/mol. The van der Waals surface area contributed by atoms with Gasteiger partial charge in [0.2, 0.25) is 0 Å². The Kier molecular flexibility index (Phi) is 4.50. The van der Waals surface area contributed by atoms with E-state index in [9.17, 15) is 9.50 Å². The predicted octanol–water partition coefficient (Wildman–Crippen LogP) is 1.98. The van der Waals surface area contributed by atoms with E-state index in [-0.39, 0.29) is 5.75 Å². The smallest absolute Gasteiger partial charge is 0.168 e. The Hall–Kier alpha value is -0.650. The van der Waals surface area contributed by atoms with Crippen LogP contribution in [0.25, 0.3) is 0 Å². The molecule has 1 atom stereocenters. The molecular formula is C10H13BrFNO2. The van der Waals surface area contributed by atoms with Crippen molar-refractivity contribution in [2.24, 2.45) is 5.73 Å². The minimum absolute atomic E-state index is 0.138. The van der Waals surface area contributed by atoms with Crippen molar-refractivity contribution in [3.8, 4) is 5.75 Å². The molecule has 0 saturated heterocycles. The maximum atomic E-state index is 13.4. The fourth-order valence-corrected chi connectivity index (χ4v) is 1.91. The molecule has 0 aliphatic heterocycles. The van der Waals surface area contributed by atoms with Crippen molar-refractivity contribution in [2.45, 2.75) is 12.5 Å². The second-order valence-electron chi connectivity index (χ2n) is 3.11. The third-order valence-corrected chi connectivity index (χ3v) is 2.64. The van der Waals surface area contributed by atoms with E-state index in [1.165, 1.54) is 13.2 Å². The average Bonchev–Trinajstić information content (AvgIpc) is 2.17. The summed E-state index contributed by atoms with van der Waals surface area (Å²) in [5.74, 6) is -0.364. The number of nitrogens with two attached hydrogens (primary N) is 1. The Labute approximate surface area is 96.2 Å². The van der Waals surface area contributed by atoms with Gasteiger partial charge in [0.15, 0.2) is 11.6 Å². The molecule has 5 heteroatoms. The summed E-state index contributed by atoms with van der Waals surface area (Å²) in [6.45, 7) is 0.354. The van der Waals surface area contributed by atoms with Crippen molar-refractivity contribution in [3.05, 3.63) is 28.0 Å². The van der Waals surface area contributed by atoms with E-state index in [2.05, 4.69) is 15.9 Å². The molecule has 0 radical (unpaired) electrons. The molecule has 0 fully saturated rings. The van der Waals surface area contributed by atoms with Crippen LogP contribution in [0.1, 0.15) is 18.1 Å². The molecule has 0 aromatic heterocycles. The largest absolute Gasteiger partial charge is 0.492 e. The van der Waals surface area contributed by atoms with Crippen molar-refractivity contribution in [2.75, 3.05) is 13.7 Å². The number of methoxy groups -OCH3 is 1. The molecule has 1 rings (SSSR count). The number of halogens is 2. The normalized spacial score (nSPS) is 12.6. The molecular weight excluding hydrogens is 265 g/mol.